The van der Waals surface area contributed by atoms with Crippen molar-refractivity contribution in [2.24, 2.45) is 0 Å². The van der Waals surface area contributed by atoms with Gasteiger partial charge in [0.25, 0.3) is 5.91 Å². The SMILES string of the molecule is CCc1cccc(CC)c1NC(=O)c1ccc(Cl)cc1Cl. The Morgan fingerprint density at radius 2 is 1.67 bits per heavy atom. The fraction of sp³-hybridized carbons (Fsp3) is 0.235. The highest BCUT2D eigenvalue weighted by Gasteiger charge is 2.14. The van der Waals surface area contributed by atoms with Crippen LogP contribution >= 0.6 is 23.2 Å². The van der Waals surface area contributed by atoms with Crippen LogP contribution in [0.5, 0.6) is 0 Å². The lowest BCUT2D eigenvalue weighted by Crippen LogP contribution is -2.15. The molecule has 0 atom stereocenters. The van der Waals surface area contributed by atoms with Crippen molar-refractivity contribution < 1.29 is 4.79 Å². The minimum Gasteiger partial charge on any atom is -0.321 e. The first-order valence-electron chi connectivity index (χ1n) is 6.94. The monoisotopic (exact) mass is 321 g/mol. The maximum atomic E-state index is 12.4. The molecular weight excluding hydrogens is 305 g/mol. The minimum atomic E-state index is -0.215. The van der Waals surface area contributed by atoms with Crippen molar-refractivity contribution in [3.63, 3.8) is 0 Å². The number of nitrogens with one attached hydrogen (secondary N) is 1. The second-order valence-electron chi connectivity index (χ2n) is 4.74. The fourth-order valence-electron chi connectivity index (χ4n) is 2.26. The minimum absolute atomic E-state index is 0.215. The largest absolute Gasteiger partial charge is 0.321 e. The zero-order valence-corrected chi connectivity index (χ0v) is 13.6. The van der Waals surface area contributed by atoms with Crippen molar-refractivity contribution in [3.8, 4) is 0 Å². The Kier molecular flexibility index (Phi) is 5.27. The standard InChI is InChI=1S/C17H17Cl2NO/c1-3-11-6-5-7-12(4-2)16(11)20-17(21)14-9-8-13(18)10-15(14)19/h5-10H,3-4H2,1-2H3,(H,20,21). The van der Waals surface area contributed by atoms with Crippen LogP contribution in [0.15, 0.2) is 36.4 Å². The summed E-state index contributed by atoms with van der Waals surface area (Å²) in [7, 11) is 0. The van der Waals surface area contributed by atoms with E-state index in [-0.39, 0.29) is 5.91 Å². The van der Waals surface area contributed by atoms with Crippen LogP contribution in [0, 0.1) is 0 Å². The van der Waals surface area contributed by atoms with E-state index in [2.05, 4.69) is 19.2 Å². The average molecular weight is 322 g/mol. The number of hydrogen-bond donors (Lipinski definition) is 1. The molecule has 4 heteroatoms. The number of halogens is 2. The summed E-state index contributed by atoms with van der Waals surface area (Å²) < 4.78 is 0. The fourth-order valence-corrected chi connectivity index (χ4v) is 2.75. The molecule has 2 aromatic rings. The number of amides is 1. The van der Waals surface area contributed by atoms with Crippen LogP contribution in [0.25, 0.3) is 0 Å². The average Bonchev–Trinajstić information content (AvgIpc) is 2.47. The second-order valence-corrected chi connectivity index (χ2v) is 5.58. The van der Waals surface area contributed by atoms with Crippen LogP contribution in [0.3, 0.4) is 0 Å². The summed E-state index contributed by atoms with van der Waals surface area (Å²) >= 11 is 12.0. The lowest BCUT2D eigenvalue weighted by molar-refractivity contribution is 0.102. The molecule has 2 aromatic carbocycles. The number of carbonyl (C=O) groups is 1. The van der Waals surface area contributed by atoms with E-state index in [9.17, 15) is 4.79 Å². The van der Waals surface area contributed by atoms with E-state index in [1.54, 1.807) is 18.2 Å². The molecule has 0 aliphatic rings. The van der Waals surface area contributed by atoms with Gasteiger partial charge in [0.15, 0.2) is 0 Å². The maximum Gasteiger partial charge on any atom is 0.257 e. The molecule has 0 saturated carbocycles. The van der Waals surface area contributed by atoms with Gasteiger partial charge in [0.05, 0.1) is 10.6 Å². The van der Waals surface area contributed by atoms with Gasteiger partial charge in [0.2, 0.25) is 0 Å². The normalized spacial score (nSPS) is 10.5. The number of anilines is 1. The van der Waals surface area contributed by atoms with E-state index in [1.165, 1.54) is 0 Å². The van der Waals surface area contributed by atoms with E-state index in [0.29, 0.717) is 15.6 Å². The molecule has 0 heterocycles. The Hall–Kier alpha value is -1.51. The molecule has 1 N–H and O–H groups in total. The van der Waals surface area contributed by atoms with Crippen molar-refractivity contribution in [2.45, 2.75) is 26.7 Å². The summed E-state index contributed by atoms with van der Waals surface area (Å²) in [5.74, 6) is -0.215. The van der Waals surface area contributed by atoms with Gasteiger partial charge in [-0.25, -0.2) is 0 Å². The summed E-state index contributed by atoms with van der Waals surface area (Å²) in [6.07, 6.45) is 1.72. The van der Waals surface area contributed by atoms with E-state index >= 15 is 0 Å². The van der Waals surface area contributed by atoms with Gasteiger partial charge >= 0.3 is 0 Å². The number of para-hydroxylation sites is 1. The van der Waals surface area contributed by atoms with E-state index < -0.39 is 0 Å². The van der Waals surface area contributed by atoms with Gasteiger partial charge in [0.1, 0.15) is 0 Å². The van der Waals surface area contributed by atoms with E-state index in [0.717, 1.165) is 29.7 Å². The van der Waals surface area contributed by atoms with Gasteiger partial charge in [-0.2, -0.15) is 0 Å². The first-order chi connectivity index (χ1) is 10.1. The van der Waals surface area contributed by atoms with Gasteiger partial charge in [-0.3, -0.25) is 4.79 Å². The molecule has 0 saturated heterocycles. The Morgan fingerprint density at radius 1 is 1.05 bits per heavy atom. The van der Waals surface area contributed by atoms with Gasteiger partial charge in [-0.1, -0.05) is 55.2 Å². The van der Waals surface area contributed by atoms with Gasteiger partial charge in [0, 0.05) is 10.7 Å². The third kappa shape index (κ3) is 3.58. The highest BCUT2D eigenvalue weighted by Crippen LogP contribution is 2.26. The number of benzene rings is 2. The third-order valence-corrected chi connectivity index (χ3v) is 3.96. The van der Waals surface area contributed by atoms with E-state index in [4.69, 9.17) is 23.2 Å². The zero-order valence-electron chi connectivity index (χ0n) is 12.0. The van der Waals surface area contributed by atoms with Crippen LogP contribution in [-0.4, -0.2) is 5.91 Å². The van der Waals surface area contributed by atoms with Crippen LogP contribution in [0.1, 0.15) is 35.3 Å². The number of aryl methyl sites for hydroxylation is 2. The predicted octanol–water partition coefficient (Wildman–Crippen LogP) is 5.37. The Morgan fingerprint density at radius 3 is 2.19 bits per heavy atom. The van der Waals surface area contributed by atoms with Gasteiger partial charge < -0.3 is 5.32 Å². The lowest BCUT2D eigenvalue weighted by Gasteiger charge is -2.15. The van der Waals surface area contributed by atoms with Crippen molar-refractivity contribution in [1.29, 1.82) is 0 Å². The summed E-state index contributed by atoms with van der Waals surface area (Å²) in [6.45, 7) is 4.14. The quantitative estimate of drug-likeness (QED) is 0.805. The second kappa shape index (κ2) is 6.97. The van der Waals surface area contributed by atoms with Crippen LogP contribution in [0.2, 0.25) is 10.0 Å². The van der Waals surface area contributed by atoms with Gasteiger partial charge in [-0.15, -0.1) is 0 Å². The zero-order chi connectivity index (χ0) is 15.4. The maximum absolute atomic E-state index is 12.4. The topological polar surface area (TPSA) is 29.1 Å². The van der Waals surface area contributed by atoms with E-state index in [1.807, 2.05) is 18.2 Å². The van der Waals surface area contributed by atoms with Gasteiger partial charge in [-0.05, 0) is 42.2 Å². The molecule has 21 heavy (non-hydrogen) atoms. The molecule has 0 bridgehead atoms. The Balaban J connectivity index is 2.35. The third-order valence-electron chi connectivity index (χ3n) is 3.41. The number of hydrogen-bond acceptors (Lipinski definition) is 1. The molecule has 0 radical (unpaired) electrons. The molecule has 2 rings (SSSR count). The number of rotatable bonds is 4. The molecular formula is C17H17Cl2NO. The lowest BCUT2D eigenvalue weighted by atomic mass is 10.0. The summed E-state index contributed by atoms with van der Waals surface area (Å²) in [5.41, 5.74) is 3.55. The van der Waals surface area contributed by atoms with Crippen LogP contribution in [0.4, 0.5) is 5.69 Å². The predicted molar refractivity (Wildman–Crippen MR) is 89.6 cm³/mol. The molecule has 110 valence electrons. The summed E-state index contributed by atoms with van der Waals surface area (Å²) in [6, 6.07) is 10.9. The number of carbonyl (C=O) groups excluding carboxylic acids is 1. The van der Waals surface area contributed by atoms with Crippen molar-refractivity contribution in [2.75, 3.05) is 5.32 Å². The van der Waals surface area contributed by atoms with Crippen molar-refractivity contribution >= 4 is 34.8 Å². The molecule has 1 amide bonds. The molecule has 0 aromatic heterocycles. The first-order valence-corrected chi connectivity index (χ1v) is 7.69. The smallest absolute Gasteiger partial charge is 0.257 e. The Bertz CT molecular complexity index is 646. The highest BCUT2D eigenvalue weighted by molar-refractivity contribution is 6.37. The molecule has 0 fully saturated rings. The Labute approximate surface area is 135 Å². The highest BCUT2D eigenvalue weighted by atomic mass is 35.5. The molecule has 0 unspecified atom stereocenters. The molecule has 0 aliphatic carbocycles. The van der Waals surface area contributed by atoms with Crippen LogP contribution < -0.4 is 5.32 Å². The van der Waals surface area contributed by atoms with Crippen molar-refractivity contribution in [1.82, 2.24) is 0 Å². The molecule has 0 aliphatic heterocycles. The van der Waals surface area contributed by atoms with Crippen LogP contribution in [-0.2, 0) is 12.8 Å². The summed E-state index contributed by atoms with van der Waals surface area (Å²) in [4.78, 5) is 12.4. The van der Waals surface area contributed by atoms with Crippen molar-refractivity contribution in [3.05, 3.63) is 63.1 Å². The molecule has 0 spiro atoms. The molecule has 2 nitrogen and oxygen atoms in total. The first kappa shape index (κ1) is 15.9. The summed E-state index contributed by atoms with van der Waals surface area (Å²) in [5, 5.41) is 3.86.